The molecule has 0 bridgehead atoms. The van der Waals surface area contributed by atoms with Crippen molar-refractivity contribution in [2.45, 2.75) is 0 Å². The minimum absolute atomic E-state index is 0.439. The van der Waals surface area contributed by atoms with Crippen LogP contribution in [0.25, 0.3) is 0 Å². The van der Waals surface area contributed by atoms with E-state index in [1.54, 1.807) is 12.2 Å². The molecule has 0 radical (unpaired) electrons. The molecule has 0 saturated heterocycles. The van der Waals surface area contributed by atoms with Crippen molar-refractivity contribution in [2.75, 3.05) is 0 Å². The fourth-order valence-electron chi connectivity index (χ4n) is 0.566. The summed E-state index contributed by atoms with van der Waals surface area (Å²) < 4.78 is 4.75. The van der Waals surface area contributed by atoms with Crippen LogP contribution < -0.4 is 5.73 Å². The van der Waals surface area contributed by atoms with E-state index in [1.165, 1.54) is 18.6 Å². The number of carbonyl (C=O) groups excluding carboxylic acids is 1. The lowest BCUT2D eigenvalue weighted by atomic mass is 10.2. The molecule has 0 aromatic heterocycles. The van der Waals surface area contributed by atoms with Crippen LogP contribution in [0.2, 0.25) is 0 Å². The van der Waals surface area contributed by atoms with Crippen molar-refractivity contribution in [1.82, 2.24) is 0 Å². The van der Waals surface area contributed by atoms with Gasteiger partial charge in [0.25, 0.3) is 0 Å². The largest absolute Gasteiger partial charge is 0.473 e. The lowest BCUT2D eigenvalue weighted by Crippen LogP contribution is -2.11. The van der Waals surface area contributed by atoms with Crippen LogP contribution in [0.4, 0.5) is 0 Å². The topological polar surface area (TPSA) is 52.3 Å². The molecule has 1 heterocycles. The maximum absolute atomic E-state index is 10.5. The van der Waals surface area contributed by atoms with Crippen LogP contribution in [-0.2, 0) is 9.53 Å². The molecule has 1 amide bonds. The molecule has 52 valence electrons. The van der Waals surface area contributed by atoms with Crippen molar-refractivity contribution in [1.29, 1.82) is 0 Å². The van der Waals surface area contributed by atoms with Crippen molar-refractivity contribution in [3.8, 4) is 0 Å². The third-order valence-electron chi connectivity index (χ3n) is 1.04. The second-order valence-electron chi connectivity index (χ2n) is 1.75. The Morgan fingerprint density at radius 1 is 1.50 bits per heavy atom. The van der Waals surface area contributed by atoms with Crippen molar-refractivity contribution < 1.29 is 9.53 Å². The molecule has 2 N–H and O–H groups in total. The van der Waals surface area contributed by atoms with E-state index >= 15 is 0 Å². The number of allylic oxidation sites excluding steroid dienone is 2. The van der Waals surface area contributed by atoms with Gasteiger partial charge in [0.1, 0.15) is 0 Å². The summed E-state index contributed by atoms with van der Waals surface area (Å²) in [7, 11) is 0. The molecule has 0 atom stereocenters. The van der Waals surface area contributed by atoms with Crippen LogP contribution in [0.3, 0.4) is 0 Å². The third-order valence-corrected chi connectivity index (χ3v) is 1.04. The van der Waals surface area contributed by atoms with Gasteiger partial charge in [-0.3, -0.25) is 4.79 Å². The van der Waals surface area contributed by atoms with Crippen LogP contribution in [0.5, 0.6) is 0 Å². The normalized spacial score (nSPS) is 15.4. The monoisotopic (exact) mass is 137 g/mol. The molecule has 1 aliphatic rings. The van der Waals surface area contributed by atoms with Gasteiger partial charge in [0.05, 0.1) is 12.5 Å². The molecule has 0 fully saturated rings. The Bertz CT molecular complexity index is 226. The lowest BCUT2D eigenvalue weighted by Gasteiger charge is -1.88. The van der Waals surface area contributed by atoms with E-state index in [2.05, 4.69) is 0 Å². The summed E-state index contributed by atoms with van der Waals surface area (Å²) in [5, 5.41) is 0. The van der Waals surface area contributed by atoms with Crippen molar-refractivity contribution in [3.05, 3.63) is 36.3 Å². The van der Waals surface area contributed by atoms with E-state index in [9.17, 15) is 4.79 Å². The highest BCUT2D eigenvalue weighted by Crippen LogP contribution is 2.00. The average molecular weight is 137 g/mol. The number of ether oxygens (including phenoxy) is 1. The second kappa shape index (κ2) is 2.87. The first-order chi connectivity index (χ1) is 4.80. The molecule has 0 aromatic carbocycles. The van der Waals surface area contributed by atoms with Crippen LogP contribution in [0.15, 0.2) is 36.3 Å². The highest BCUT2D eigenvalue weighted by Gasteiger charge is 1.98. The number of amides is 1. The van der Waals surface area contributed by atoms with E-state index in [0.717, 1.165) is 0 Å². The fraction of sp³-hybridized carbons (Fsp3) is 0. The van der Waals surface area contributed by atoms with Gasteiger partial charge in [0.15, 0.2) is 0 Å². The zero-order valence-corrected chi connectivity index (χ0v) is 5.28. The van der Waals surface area contributed by atoms with Gasteiger partial charge in [-0.2, -0.15) is 0 Å². The first kappa shape index (κ1) is 6.61. The van der Waals surface area contributed by atoms with Crippen LogP contribution >= 0.6 is 0 Å². The van der Waals surface area contributed by atoms with Gasteiger partial charge in [0.2, 0.25) is 5.91 Å². The maximum Gasteiger partial charge on any atom is 0.248 e. The summed E-state index contributed by atoms with van der Waals surface area (Å²) in [4.78, 5) is 10.5. The minimum Gasteiger partial charge on any atom is -0.473 e. The van der Waals surface area contributed by atoms with Gasteiger partial charge in [-0.05, 0) is 18.2 Å². The Labute approximate surface area is 58.5 Å². The van der Waals surface area contributed by atoms with E-state index in [-0.39, 0.29) is 0 Å². The first-order valence-electron chi connectivity index (χ1n) is 2.79. The predicted molar refractivity (Wildman–Crippen MR) is 36.6 cm³/mol. The Hall–Kier alpha value is -1.51. The van der Waals surface area contributed by atoms with Gasteiger partial charge in [-0.15, -0.1) is 0 Å². The van der Waals surface area contributed by atoms with Crippen molar-refractivity contribution in [3.63, 3.8) is 0 Å². The van der Waals surface area contributed by atoms with Gasteiger partial charge < -0.3 is 10.5 Å². The summed E-state index contributed by atoms with van der Waals surface area (Å²) >= 11 is 0. The second-order valence-corrected chi connectivity index (χ2v) is 1.75. The molecule has 1 aliphatic heterocycles. The summed E-state index contributed by atoms with van der Waals surface area (Å²) in [5.41, 5.74) is 5.43. The molecule has 0 aliphatic carbocycles. The Balaban J connectivity index is 2.83. The average Bonchev–Trinajstić information content (AvgIpc) is 2.12. The van der Waals surface area contributed by atoms with E-state index in [1.807, 2.05) is 0 Å². The number of rotatable bonds is 1. The van der Waals surface area contributed by atoms with Crippen LogP contribution in [0.1, 0.15) is 0 Å². The predicted octanol–water partition coefficient (Wildman–Crippen LogP) is 0.456. The molecule has 0 unspecified atom stereocenters. The summed E-state index contributed by atoms with van der Waals surface area (Å²) in [6.07, 6.45) is 7.58. The smallest absolute Gasteiger partial charge is 0.248 e. The Kier molecular flexibility index (Phi) is 1.89. The highest BCUT2D eigenvalue weighted by molar-refractivity contribution is 5.95. The fourth-order valence-corrected chi connectivity index (χ4v) is 0.566. The summed E-state index contributed by atoms with van der Waals surface area (Å²) in [5.74, 6) is -0.452. The number of carbonyl (C=O) groups is 1. The van der Waals surface area contributed by atoms with E-state index < -0.39 is 5.91 Å². The quantitative estimate of drug-likeness (QED) is 0.570. The zero-order chi connectivity index (χ0) is 7.40. The summed E-state index contributed by atoms with van der Waals surface area (Å²) in [6, 6.07) is 0. The zero-order valence-electron chi connectivity index (χ0n) is 5.28. The standard InChI is InChI=1S/C7H7NO2/c8-7(9)6-2-1-4-10-5-3-6/h1-5H,(H2,8,9). The SMILES string of the molecule is NC(=O)C1=CC=COC=C1. The molecule has 1 rings (SSSR count). The highest BCUT2D eigenvalue weighted by atomic mass is 16.5. The number of hydrogen-bond acceptors (Lipinski definition) is 2. The first-order valence-corrected chi connectivity index (χ1v) is 2.79. The maximum atomic E-state index is 10.5. The molecule has 10 heavy (non-hydrogen) atoms. The number of primary amides is 1. The van der Waals surface area contributed by atoms with Crippen molar-refractivity contribution >= 4 is 5.91 Å². The molecule has 3 heteroatoms. The van der Waals surface area contributed by atoms with Gasteiger partial charge in [0, 0.05) is 5.57 Å². The molecule has 0 saturated carbocycles. The minimum atomic E-state index is -0.452. The van der Waals surface area contributed by atoms with Gasteiger partial charge >= 0.3 is 0 Å². The summed E-state index contributed by atoms with van der Waals surface area (Å²) in [6.45, 7) is 0. The number of hydrogen-bond donors (Lipinski definition) is 1. The Morgan fingerprint density at radius 3 is 3.00 bits per heavy atom. The van der Waals surface area contributed by atoms with Crippen molar-refractivity contribution in [2.24, 2.45) is 5.73 Å². The van der Waals surface area contributed by atoms with Gasteiger partial charge in [-0.1, -0.05) is 0 Å². The molecule has 0 spiro atoms. The van der Waals surface area contributed by atoms with E-state index in [0.29, 0.717) is 5.57 Å². The lowest BCUT2D eigenvalue weighted by molar-refractivity contribution is -0.114. The van der Waals surface area contributed by atoms with E-state index in [4.69, 9.17) is 10.5 Å². The molecular formula is C7H7NO2. The van der Waals surface area contributed by atoms with Crippen LogP contribution in [-0.4, -0.2) is 5.91 Å². The molecular weight excluding hydrogens is 130 g/mol. The number of nitrogens with two attached hydrogens (primary N) is 1. The van der Waals surface area contributed by atoms with Crippen LogP contribution in [0, 0.1) is 0 Å². The molecule has 0 aromatic rings. The molecule has 3 nitrogen and oxygen atoms in total. The Morgan fingerprint density at radius 2 is 2.30 bits per heavy atom. The van der Waals surface area contributed by atoms with Gasteiger partial charge in [-0.25, -0.2) is 0 Å². The third kappa shape index (κ3) is 1.48.